The van der Waals surface area contributed by atoms with Gasteiger partial charge < -0.3 is 10.4 Å². The minimum absolute atomic E-state index is 0.0326. The third kappa shape index (κ3) is 6.30. The van der Waals surface area contributed by atoms with E-state index in [0.29, 0.717) is 18.6 Å². The Morgan fingerprint density at radius 3 is 2.56 bits per heavy atom. The Bertz CT molecular complexity index is 403. The van der Waals surface area contributed by atoms with Gasteiger partial charge in [0.05, 0.1) is 5.75 Å². The Hall–Kier alpha value is -1.49. The normalized spacial score (nSPS) is 10.1. The molecule has 0 aliphatic carbocycles. The maximum Gasteiger partial charge on any atom is 0.313 e. The summed E-state index contributed by atoms with van der Waals surface area (Å²) >= 11 is 1.33. The summed E-state index contributed by atoms with van der Waals surface area (Å²) < 4.78 is 0. The van der Waals surface area contributed by atoms with Crippen LogP contribution in [0.1, 0.15) is 18.4 Å². The van der Waals surface area contributed by atoms with Crippen molar-refractivity contribution < 1.29 is 14.7 Å². The number of hydrogen-bond acceptors (Lipinski definition) is 3. The van der Waals surface area contributed by atoms with E-state index in [9.17, 15) is 9.59 Å². The first-order valence-corrected chi connectivity index (χ1v) is 6.89. The number of aryl methyl sites for hydroxylation is 1. The minimum Gasteiger partial charge on any atom is -0.481 e. The highest BCUT2D eigenvalue weighted by molar-refractivity contribution is 7.99. The second kappa shape index (κ2) is 7.76. The number of hydrogen-bond donors (Lipinski definition) is 2. The summed E-state index contributed by atoms with van der Waals surface area (Å²) in [6.07, 6.45) is 1.11. The molecule has 0 saturated carbocycles. The monoisotopic (exact) mass is 267 g/mol. The van der Waals surface area contributed by atoms with Crippen LogP contribution in [0.15, 0.2) is 24.3 Å². The van der Waals surface area contributed by atoms with Crippen molar-refractivity contribution in [2.75, 3.05) is 16.8 Å². The Kier molecular flexibility index (Phi) is 6.28. The summed E-state index contributed by atoms with van der Waals surface area (Å²) in [5.41, 5.74) is 1.95. The van der Waals surface area contributed by atoms with Gasteiger partial charge in [0.25, 0.3) is 0 Å². The summed E-state index contributed by atoms with van der Waals surface area (Å²) in [6, 6.07) is 7.62. The van der Waals surface area contributed by atoms with Crippen molar-refractivity contribution in [2.24, 2.45) is 0 Å². The molecule has 18 heavy (non-hydrogen) atoms. The molecule has 1 amide bonds. The van der Waals surface area contributed by atoms with Crippen molar-refractivity contribution in [2.45, 2.75) is 19.8 Å². The summed E-state index contributed by atoms with van der Waals surface area (Å²) in [6.45, 7) is 1.99. The highest BCUT2D eigenvalue weighted by Crippen LogP contribution is 2.10. The van der Waals surface area contributed by atoms with Gasteiger partial charge in [0, 0.05) is 12.1 Å². The van der Waals surface area contributed by atoms with Gasteiger partial charge in [-0.25, -0.2) is 0 Å². The quantitative estimate of drug-likeness (QED) is 0.745. The molecule has 0 atom stereocenters. The van der Waals surface area contributed by atoms with Gasteiger partial charge in [0.2, 0.25) is 5.91 Å². The zero-order chi connectivity index (χ0) is 13.4. The number of thioether (sulfide) groups is 1. The minimum atomic E-state index is -0.816. The van der Waals surface area contributed by atoms with Crippen molar-refractivity contribution in [3.05, 3.63) is 29.8 Å². The van der Waals surface area contributed by atoms with Crippen LogP contribution in [0.3, 0.4) is 0 Å². The Morgan fingerprint density at radius 2 is 1.94 bits per heavy atom. The molecule has 0 aliphatic heterocycles. The molecular weight excluding hydrogens is 250 g/mol. The Balaban J connectivity index is 2.17. The second-order valence-corrected chi connectivity index (χ2v) is 5.07. The first kappa shape index (κ1) is 14.6. The van der Waals surface area contributed by atoms with Gasteiger partial charge in [-0.3, -0.25) is 9.59 Å². The van der Waals surface area contributed by atoms with Gasteiger partial charge in [-0.05, 0) is 31.2 Å². The lowest BCUT2D eigenvalue weighted by Gasteiger charge is -2.05. The SMILES string of the molecule is Cc1ccc(NC(=O)CCCSCC(=O)O)cc1. The molecule has 0 aromatic heterocycles. The largest absolute Gasteiger partial charge is 0.481 e. The topological polar surface area (TPSA) is 66.4 Å². The molecule has 4 nitrogen and oxygen atoms in total. The standard InChI is InChI=1S/C13H17NO3S/c1-10-4-6-11(7-5-10)14-12(15)3-2-8-18-9-13(16)17/h4-7H,2-3,8-9H2,1H3,(H,14,15)(H,16,17). The molecule has 0 spiro atoms. The van der Waals surface area contributed by atoms with E-state index in [0.717, 1.165) is 11.3 Å². The van der Waals surface area contributed by atoms with Crippen LogP contribution >= 0.6 is 11.8 Å². The lowest BCUT2D eigenvalue weighted by molar-refractivity contribution is -0.133. The maximum absolute atomic E-state index is 11.6. The van der Waals surface area contributed by atoms with Crippen LogP contribution in [-0.2, 0) is 9.59 Å². The number of benzene rings is 1. The molecule has 0 fully saturated rings. The van der Waals surface area contributed by atoms with E-state index >= 15 is 0 Å². The molecular formula is C13H17NO3S. The Labute approximate surface area is 111 Å². The van der Waals surface area contributed by atoms with E-state index in [4.69, 9.17) is 5.11 Å². The average Bonchev–Trinajstić information content (AvgIpc) is 2.31. The van der Waals surface area contributed by atoms with Crippen LogP contribution in [0.2, 0.25) is 0 Å². The Morgan fingerprint density at radius 1 is 1.28 bits per heavy atom. The number of anilines is 1. The van der Waals surface area contributed by atoms with Crippen molar-refractivity contribution in [1.29, 1.82) is 0 Å². The number of carbonyl (C=O) groups is 2. The lowest BCUT2D eigenvalue weighted by Crippen LogP contribution is -2.11. The maximum atomic E-state index is 11.6. The fourth-order valence-corrected chi connectivity index (χ4v) is 2.02. The van der Waals surface area contributed by atoms with Crippen molar-refractivity contribution >= 4 is 29.3 Å². The summed E-state index contributed by atoms with van der Waals surface area (Å²) in [5, 5.41) is 11.2. The van der Waals surface area contributed by atoms with Crippen LogP contribution < -0.4 is 5.32 Å². The molecule has 0 heterocycles. The highest BCUT2D eigenvalue weighted by atomic mass is 32.2. The third-order valence-electron chi connectivity index (χ3n) is 2.25. The highest BCUT2D eigenvalue weighted by Gasteiger charge is 2.03. The number of aliphatic carboxylic acids is 1. The molecule has 0 bridgehead atoms. The lowest BCUT2D eigenvalue weighted by atomic mass is 10.2. The number of amides is 1. The zero-order valence-electron chi connectivity index (χ0n) is 10.3. The van der Waals surface area contributed by atoms with Crippen LogP contribution in [-0.4, -0.2) is 28.5 Å². The van der Waals surface area contributed by atoms with E-state index in [1.165, 1.54) is 11.8 Å². The first-order chi connectivity index (χ1) is 8.58. The number of carbonyl (C=O) groups excluding carboxylic acids is 1. The van der Waals surface area contributed by atoms with E-state index in [2.05, 4.69) is 5.32 Å². The molecule has 0 saturated heterocycles. The van der Waals surface area contributed by atoms with Crippen LogP contribution in [0, 0.1) is 6.92 Å². The predicted octanol–water partition coefficient (Wildman–Crippen LogP) is 2.53. The fraction of sp³-hybridized carbons (Fsp3) is 0.385. The molecule has 0 radical (unpaired) electrons. The van der Waals surface area contributed by atoms with Gasteiger partial charge in [0.15, 0.2) is 0 Å². The van der Waals surface area contributed by atoms with Crippen LogP contribution in [0.25, 0.3) is 0 Å². The van der Waals surface area contributed by atoms with E-state index < -0.39 is 5.97 Å². The fourth-order valence-electron chi connectivity index (χ4n) is 1.35. The van der Waals surface area contributed by atoms with E-state index in [1.54, 1.807) is 0 Å². The molecule has 1 rings (SSSR count). The average molecular weight is 267 g/mol. The van der Waals surface area contributed by atoms with Gasteiger partial charge in [0.1, 0.15) is 0 Å². The molecule has 0 unspecified atom stereocenters. The third-order valence-corrected chi connectivity index (χ3v) is 3.28. The number of nitrogens with one attached hydrogen (secondary N) is 1. The van der Waals surface area contributed by atoms with Crippen LogP contribution in [0.5, 0.6) is 0 Å². The van der Waals surface area contributed by atoms with Gasteiger partial charge in [-0.15, -0.1) is 0 Å². The van der Waals surface area contributed by atoms with Crippen molar-refractivity contribution in [3.63, 3.8) is 0 Å². The van der Waals surface area contributed by atoms with Crippen molar-refractivity contribution in [3.8, 4) is 0 Å². The number of carboxylic acids is 1. The molecule has 0 aliphatic rings. The van der Waals surface area contributed by atoms with E-state index in [-0.39, 0.29) is 11.7 Å². The van der Waals surface area contributed by atoms with Gasteiger partial charge in [-0.1, -0.05) is 17.7 Å². The first-order valence-electron chi connectivity index (χ1n) is 5.74. The van der Waals surface area contributed by atoms with Gasteiger partial charge >= 0.3 is 5.97 Å². The van der Waals surface area contributed by atoms with Crippen LogP contribution in [0.4, 0.5) is 5.69 Å². The predicted molar refractivity (Wildman–Crippen MR) is 74.0 cm³/mol. The molecule has 98 valence electrons. The molecule has 5 heteroatoms. The molecule has 2 N–H and O–H groups in total. The second-order valence-electron chi connectivity index (χ2n) is 3.96. The number of carboxylic acid groups (broad SMARTS) is 1. The zero-order valence-corrected chi connectivity index (χ0v) is 11.1. The van der Waals surface area contributed by atoms with Gasteiger partial charge in [-0.2, -0.15) is 11.8 Å². The van der Waals surface area contributed by atoms with Crippen molar-refractivity contribution in [1.82, 2.24) is 0 Å². The van der Waals surface area contributed by atoms with E-state index in [1.807, 2.05) is 31.2 Å². The summed E-state index contributed by atoms with van der Waals surface area (Å²) in [5.74, 6) is -0.0633. The molecule has 1 aromatic carbocycles. The summed E-state index contributed by atoms with van der Waals surface area (Å²) in [4.78, 5) is 21.8. The summed E-state index contributed by atoms with van der Waals surface area (Å²) in [7, 11) is 0. The number of rotatable bonds is 7. The molecule has 1 aromatic rings. The smallest absolute Gasteiger partial charge is 0.313 e.